The molecule has 0 aliphatic rings. The zero-order valence-electron chi connectivity index (χ0n) is 6.99. The molecule has 0 unspecified atom stereocenters. The lowest BCUT2D eigenvalue weighted by Gasteiger charge is -2.03. The van der Waals surface area contributed by atoms with E-state index in [1.165, 1.54) is 0 Å². The third-order valence-electron chi connectivity index (χ3n) is 1.39. The summed E-state index contributed by atoms with van der Waals surface area (Å²) in [6, 6.07) is 0. The maximum atomic E-state index is 10.7. The van der Waals surface area contributed by atoms with Gasteiger partial charge in [-0.3, -0.25) is 0 Å². The fourth-order valence-corrected chi connectivity index (χ4v) is 1.19. The summed E-state index contributed by atoms with van der Waals surface area (Å²) in [6.45, 7) is 0. The van der Waals surface area contributed by atoms with Crippen molar-refractivity contribution in [3.63, 3.8) is 0 Å². The van der Waals surface area contributed by atoms with E-state index in [4.69, 9.17) is 33.4 Å². The first-order valence-corrected chi connectivity index (χ1v) is 4.01. The molecule has 1 heterocycles. The molecule has 0 atom stereocenters. The van der Waals surface area contributed by atoms with E-state index in [-0.39, 0.29) is 15.5 Å². The summed E-state index contributed by atoms with van der Waals surface area (Å²) in [5.41, 5.74) is -1.24. The number of carbonyl (C=O) groups is 2. The van der Waals surface area contributed by atoms with Gasteiger partial charge in [0, 0.05) is 6.20 Å². The fourth-order valence-electron chi connectivity index (χ4n) is 0.823. The number of hydrogen-bond acceptors (Lipinski definition) is 3. The van der Waals surface area contributed by atoms with Crippen molar-refractivity contribution >= 4 is 35.1 Å². The van der Waals surface area contributed by atoms with Crippen LogP contribution in [0.5, 0.6) is 0 Å². The molecule has 0 saturated carbocycles. The smallest absolute Gasteiger partial charge is 0.355 e. The second-order valence-electron chi connectivity index (χ2n) is 2.25. The molecule has 0 radical (unpaired) electrons. The topological polar surface area (TPSA) is 119 Å². The van der Waals surface area contributed by atoms with Gasteiger partial charge >= 0.3 is 11.9 Å². The van der Waals surface area contributed by atoms with Crippen molar-refractivity contribution in [3.05, 3.63) is 27.5 Å². The van der Waals surface area contributed by atoms with E-state index < -0.39 is 23.2 Å². The normalized spacial score (nSPS) is 9.20. The standard InChI is InChI=1S/C7H3Cl2NO4.H2O/c8-2-1-10-5(7(13)14)3(4(2)9)6(11)12;/h1H,(H,11,12)(H,13,14);1H2. The second kappa shape index (κ2) is 4.92. The summed E-state index contributed by atoms with van der Waals surface area (Å²) in [4.78, 5) is 24.6. The first-order valence-electron chi connectivity index (χ1n) is 3.25. The summed E-state index contributed by atoms with van der Waals surface area (Å²) < 4.78 is 0. The predicted octanol–water partition coefficient (Wildman–Crippen LogP) is 0.960. The van der Waals surface area contributed by atoms with Gasteiger partial charge in [-0.05, 0) is 0 Å². The van der Waals surface area contributed by atoms with Crippen molar-refractivity contribution in [2.45, 2.75) is 0 Å². The zero-order chi connectivity index (χ0) is 10.9. The summed E-state index contributed by atoms with van der Waals surface area (Å²) in [5.74, 6) is -2.96. The Morgan fingerprint density at radius 2 is 1.73 bits per heavy atom. The van der Waals surface area contributed by atoms with Crippen LogP contribution >= 0.6 is 23.2 Å². The highest BCUT2D eigenvalue weighted by Gasteiger charge is 2.22. The summed E-state index contributed by atoms with van der Waals surface area (Å²) in [5, 5.41) is 16.8. The van der Waals surface area contributed by atoms with Crippen LogP contribution in [0.3, 0.4) is 0 Å². The van der Waals surface area contributed by atoms with Crippen LogP contribution in [0.1, 0.15) is 20.8 Å². The van der Waals surface area contributed by atoms with E-state index in [0.29, 0.717) is 0 Å². The van der Waals surface area contributed by atoms with Gasteiger partial charge in [-0.2, -0.15) is 0 Å². The molecule has 4 N–H and O–H groups in total. The maximum Gasteiger partial charge on any atom is 0.355 e. The van der Waals surface area contributed by atoms with Crippen LogP contribution in [0.15, 0.2) is 6.20 Å². The highest BCUT2D eigenvalue weighted by Crippen LogP contribution is 2.26. The summed E-state index contributed by atoms with van der Waals surface area (Å²) in [6.07, 6.45) is 0.986. The third kappa shape index (κ3) is 2.56. The SMILES string of the molecule is O.O=C(O)c1ncc(Cl)c(Cl)c1C(=O)O. The van der Waals surface area contributed by atoms with Gasteiger partial charge < -0.3 is 15.7 Å². The number of aromatic nitrogens is 1. The number of carboxylic acids is 2. The lowest BCUT2D eigenvalue weighted by Crippen LogP contribution is -2.11. The first-order chi connectivity index (χ1) is 6.45. The predicted molar refractivity (Wildman–Crippen MR) is 51.8 cm³/mol. The van der Waals surface area contributed by atoms with Gasteiger partial charge in [0.1, 0.15) is 5.56 Å². The fraction of sp³-hybridized carbons (Fsp3) is 0. The van der Waals surface area contributed by atoms with Crippen LogP contribution < -0.4 is 0 Å². The van der Waals surface area contributed by atoms with Crippen LogP contribution in [0.4, 0.5) is 0 Å². The summed E-state index contributed by atoms with van der Waals surface area (Å²) >= 11 is 11.0. The minimum Gasteiger partial charge on any atom is -0.478 e. The van der Waals surface area contributed by atoms with Gasteiger partial charge in [0.05, 0.1) is 10.0 Å². The minimum atomic E-state index is -1.48. The Morgan fingerprint density at radius 3 is 2.13 bits per heavy atom. The van der Waals surface area contributed by atoms with E-state index in [1.807, 2.05) is 0 Å². The van der Waals surface area contributed by atoms with Crippen LogP contribution in [0, 0.1) is 0 Å². The molecule has 6 nitrogen and oxygen atoms in total. The second-order valence-corrected chi connectivity index (χ2v) is 3.04. The van der Waals surface area contributed by atoms with Crippen molar-refractivity contribution < 1.29 is 25.3 Å². The molecular weight excluding hydrogens is 249 g/mol. The van der Waals surface area contributed by atoms with Gasteiger partial charge in [-0.15, -0.1) is 0 Å². The molecule has 0 bridgehead atoms. The highest BCUT2D eigenvalue weighted by atomic mass is 35.5. The largest absolute Gasteiger partial charge is 0.478 e. The quantitative estimate of drug-likeness (QED) is 0.814. The van der Waals surface area contributed by atoms with Crippen molar-refractivity contribution in [1.82, 2.24) is 4.98 Å². The Balaban J connectivity index is 0.00000196. The van der Waals surface area contributed by atoms with E-state index in [2.05, 4.69) is 4.98 Å². The number of nitrogens with zero attached hydrogens (tertiary/aromatic N) is 1. The average molecular weight is 254 g/mol. The highest BCUT2D eigenvalue weighted by molar-refractivity contribution is 6.44. The maximum absolute atomic E-state index is 10.7. The molecule has 0 fully saturated rings. The molecule has 0 aromatic carbocycles. The van der Waals surface area contributed by atoms with Gasteiger partial charge in [0.25, 0.3) is 0 Å². The number of pyridine rings is 1. The number of carboxylic acid groups (broad SMARTS) is 2. The first kappa shape index (κ1) is 13.6. The molecule has 1 aromatic heterocycles. The molecule has 15 heavy (non-hydrogen) atoms. The Morgan fingerprint density at radius 1 is 1.20 bits per heavy atom. The monoisotopic (exact) mass is 253 g/mol. The molecule has 0 aliphatic heterocycles. The zero-order valence-corrected chi connectivity index (χ0v) is 8.50. The average Bonchev–Trinajstić information content (AvgIpc) is 2.08. The molecular formula is C7H5Cl2NO5. The Labute approximate surface area is 93.4 Å². The molecule has 0 spiro atoms. The molecule has 1 aromatic rings. The lowest BCUT2D eigenvalue weighted by atomic mass is 10.2. The Bertz CT molecular complexity index is 420. The van der Waals surface area contributed by atoms with E-state index in [0.717, 1.165) is 6.20 Å². The van der Waals surface area contributed by atoms with Crippen molar-refractivity contribution in [2.24, 2.45) is 0 Å². The molecule has 1 rings (SSSR count). The molecule has 0 saturated heterocycles. The molecule has 8 heteroatoms. The van der Waals surface area contributed by atoms with Crippen molar-refractivity contribution in [2.75, 3.05) is 0 Å². The Kier molecular flexibility index (Phi) is 4.47. The number of aromatic carboxylic acids is 2. The van der Waals surface area contributed by atoms with Gasteiger partial charge in [0.2, 0.25) is 0 Å². The van der Waals surface area contributed by atoms with E-state index in [1.54, 1.807) is 0 Å². The van der Waals surface area contributed by atoms with Crippen molar-refractivity contribution in [3.8, 4) is 0 Å². The molecule has 0 aliphatic carbocycles. The van der Waals surface area contributed by atoms with E-state index in [9.17, 15) is 9.59 Å². The Hall–Kier alpha value is -1.37. The molecule has 0 amide bonds. The number of halogens is 2. The van der Waals surface area contributed by atoms with Crippen LogP contribution in [0.25, 0.3) is 0 Å². The number of hydrogen-bond donors (Lipinski definition) is 2. The van der Waals surface area contributed by atoms with Crippen LogP contribution in [-0.4, -0.2) is 32.6 Å². The minimum absolute atomic E-state index is 0. The van der Waals surface area contributed by atoms with Gasteiger partial charge in [-0.1, -0.05) is 23.2 Å². The van der Waals surface area contributed by atoms with Gasteiger partial charge in [0.15, 0.2) is 5.69 Å². The van der Waals surface area contributed by atoms with Crippen LogP contribution in [-0.2, 0) is 0 Å². The number of rotatable bonds is 2. The summed E-state index contributed by atoms with van der Waals surface area (Å²) in [7, 11) is 0. The lowest BCUT2D eigenvalue weighted by molar-refractivity contribution is 0.0646. The third-order valence-corrected chi connectivity index (χ3v) is 2.17. The van der Waals surface area contributed by atoms with E-state index >= 15 is 0 Å². The molecule has 82 valence electrons. The van der Waals surface area contributed by atoms with Crippen LogP contribution in [0.2, 0.25) is 10.0 Å². The van der Waals surface area contributed by atoms with Gasteiger partial charge in [-0.25, -0.2) is 14.6 Å². The van der Waals surface area contributed by atoms with Crippen molar-refractivity contribution in [1.29, 1.82) is 0 Å².